The van der Waals surface area contributed by atoms with Gasteiger partial charge in [-0.1, -0.05) is 32.1 Å². The summed E-state index contributed by atoms with van der Waals surface area (Å²) in [6, 6.07) is -0.561. The molecule has 0 spiro atoms. The lowest BCUT2D eigenvalue weighted by atomic mass is 9.73. The Morgan fingerprint density at radius 3 is 2.70 bits per heavy atom. The number of rotatable bonds is 7. The molecule has 2 rings (SSSR count). The molecule has 1 amide bonds. The van der Waals surface area contributed by atoms with Gasteiger partial charge in [0.1, 0.15) is 6.10 Å². The molecule has 0 saturated heterocycles. The van der Waals surface area contributed by atoms with Crippen LogP contribution in [0.5, 0.6) is 0 Å². The van der Waals surface area contributed by atoms with Crippen LogP contribution >= 0.6 is 0 Å². The number of allylic oxidation sites excluding steroid dienone is 2. The second-order valence-electron chi connectivity index (χ2n) is 7.35. The van der Waals surface area contributed by atoms with Crippen molar-refractivity contribution in [3.8, 4) is 0 Å². The minimum Gasteiger partial charge on any atom is -0.481 e. The first-order chi connectivity index (χ1) is 10.7. The van der Waals surface area contributed by atoms with Crippen molar-refractivity contribution in [3.63, 3.8) is 0 Å². The van der Waals surface area contributed by atoms with Crippen molar-refractivity contribution < 1.29 is 24.9 Å². The number of amides is 1. The Morgan fingerprint density at radius 1 is 1.52 bits per heavy atom. The Bertz CT molecular complexity index is 541. The summed E-state index contributed by atoms with van der Waals surface area (Å²) in [7, 11) is 0. The molecule has 2 bridgehead atoms. The zero-order valence-corrected chi connectivity index (χ0v) is 13.5. The molecule has 1 saturated carbocycles. The summed E-state index contributed by atoms with van der Waals surface area (Å²) >= 11 is 0. The fraction of sp³-hybridized carbons (Fsp3) is 0.647. The van der Waals surface area contributed by atoms with Crippen LogP contribution in [0.4, 0.5) is 0 Å². The van der Waals surface area contributed by atoms with Gasteiger partial charge in [0.2, 0.25) is 5.91 Å². The highest BCUT2D eigenvalue weighted by molar-refractivity contribution is 5.83. The van der Waals surface area contributed by atoms with Crippen molar-refractivity contribution in [2.24, 2.45) is 22.7 Å². The summed E-state index contributed by atoms with van der Waals surface area (Å²) in [6.07, 6.45) is 5.36. The number of nitrogens with one attached hydrogen (secondary N) is 1. The largest absolute Gasteiger partial charge is 0.481 e. The van der Waals surface area contributed by atoms with Gasteiger partial charge in [-0.2, -0.15) is 0 Å². The Hall–Kier alpha value is -1.66. The smallest absolute Gasteiger partial charge is 0.309 e. The molecule has 0 aromatic rings. The molecule has 6 nitrogen and oxygen atoms in total. The van der Waals surface area contributed by atoms with Gasteiger partial charge in [0.15, 0.2) is 0 Å². The van der Waals surface area contributed by atoms with Crippen molar-refractivity contribution in [1.82, 2.24) is 5.32 Å². The predicted molar refractivity (Wildman–Crippen MR) is 84.4 cm³/mol. The van der Waals surface area contributed by atoms with E-state index in [-0.39, 0.29) is 12.5 Å². The highest BCUT2D eigenvalue weighted by Gasteiger charge is 2.58. The Labute approximate surface area is 135 Å². The van der Waals surface area contributed by atoms with Crippen molar-refractivity contribution >= 4 is 11.9 Å². The highest BCUT2D eigenvalue weighted by atomic mass is 16.4. The molecule has 6 heteroatoms. The number of aliphatic hydroxyl groups excluding tert-OH is 2. The van der Waals surface area contributed by atoms with E-state index >= 15 is 0 Å². The molecule has 0 aromatic carbocycles. The zero-order valence-electron chi connectivity index (χ0n) is 13.5. The van der Waals surface area contributed by atoms with Gasteiger partial charge in [-0.3, -0.25) is 9.59 Å². The first-order valence-corrected chi connectivity index (χ1v) is 7.81. The number of carbonyl (C=O) groups excluding carboxylic acids is 1. The lowest BCUT2D eigenvalue weighted by molar-refractivity contribution is -0.147. The van der Waals surface area contributed by atoms with E-state index in [9.17, 15) is 24.9 Å². The van der Waals surface area contributed by atoms with Crippen LogP contribution in [0.15, 0.2) is 24.8 Å². The number of hydrogen-bond acceptors (Lipinski definition) is 4. The van der Waals surface area contributed by atoms with Gasteiger partial charge in [0.25, 0.3) is 0 Å². The van der Waals surface area contributed by atoms with Gasteiger partial charge in [-0.25, -0.2) is 0 Å². The van der Waals surface area contributed by atoms with Crippen LogP contribution in [0.2, 0.25) is 0 Å². The van der Waals surface area contributed by atoms with Crippen molar-refractivity contribution in [1.29, 1.82) is 0 Å². The van der Waals surface area contributed by atoms with E-state index in [1.54, 1.807) is 19.9 Å². The SMILES string of the molecule is C=CC[C@@]12C=C[C@@H](C1)[C@@H](NC(=O)C(O)C(C)(C)CO)[C@H]2C(=O)O. The number of hydrogen-bond donors (Lipinski definition) is 4. The fourth-order valence-corrected chi connectivity index (χ4v) is 3.79. The van der Waals surface area contributed by atoms with Crippen molar-refractivity contribution in [3.05, 3.63) is 24.8 Å². The Balaban J connectivity index is 2.20. The molecule has 5 atom stereocenters. The van der Waals surface area contributed by atoms with E-state index in [4.69, 9.17) is 0 Å². The third-order valence-corrected chi connectivity index (χ3v) is 5.23. The number of carboxylic acid groups (broad SMARTS) is 1. The minimum atomic E-state index is -1.40. The molecule has 23 heavy (non-hydrogen) atoms. The number of carboxylic acids is 1. The van der Waals surface area contributed by atoms with E-state index in [1.807, 2.05) is 12.2 Å². The van der Waals surface area contributed by atoms with Gasteiger partial charge in [-0.15, -0.1) is 6.58 Å². The number of fused-ring (bicyclic) bond motifs is 2. The number of aliphatic carboxylic acids is 1. The summed E-state index contributed by atoms with van der Waals surface area (Å²) in [6.45, 7) is 6.51. The molecule has 0 aromatic heterocycles. The van der Waals surface area contributed by atoms with E-state index in [1.165, 1.54) is 0 Å². The van der Waals surface area contributed by atoms with Crippen LogP contribution < -0.4 is 5.32 Å². The van der Waals surface area contributed by atoms with Gasteiger partial charge in [0, 0.05) is 16.9 Å². The predicted octanol–water partition coefficient (Wildman–Crippen LogP) is 0.704. The van der Waals surface area contributed by atoms with Crippen molar-refractivity contribution in [2.45, 2.75) is 38.8 Å². The third kappa shape index (κ3) is 2.93. The first kappa shape index (κ1) is 17.7. The second-order valence-corrected chi connectivity index (χ2v) is 7.35. The van der Waals surface area contributed by atoms with Crippen LogP contribution in [-0.2, 0) is 9.59 Å². The van der Waals surface area contributed by atoms with Crippen LogP contribution in [0, 0.1) is 22.7 Å². The molecule has 4 N–H and O–H groups in total. The summed E-state index contributed by atoms with van der Waals surface area (Å²) in [5.41, 5.74) is -1.51. The normalized spacial score (nSPS) is 33.5. The molecule has 2 aliphatic carbocycles. The van der Waals surface area contributed by atoms with Gasteiger partial charge in [0.05, 0.1) is 12.5 Å². The molecular weight excluding hydrogens is 298 g/mol. The van der Waals surface area contributed by atoms with E-state index in [0.717, 1.165) is 0 Å². The lowest BCUT2D eigenvalue weighted by Crippen LogP contribution is -2.53. The van der Waals surface area contributed by atoms with Gasteiger partial charge in [-0.05, 0) is 18.8 Å². The highest BCUT2D eigenvalue weighted by Crippen LogP contribution is 2.55. The van der Waals surface area contributed by atoms with Crippen LogP contribution in [0.25, 0.3) is 0 Å². The number of carbonyl (C=O) groups is 2. The van der Waals surface area contributed by atoms with Crippen LogP contribution in [0.3, 0.4) is 0 Å². The molecule has 0 radical (unpaired) electrons. The van der Waals surface area contributed by atoms with Crippen LogP contribution in [0.1, 0.15) is 26.7 Å². The molecule has 0 heterocycles. The van der Waals surface area contributed by atoms with Crippen LogP contribution in [-0.4, -0.2) is 45.9 Å². The van der Waals surface area contributed by atoms with E-state index in [0.29, 0.717) is 12.8 Å². The Kier molecular flexibility index (Phi) is 4.69. The average molecular weight is 323 g/mol. The molecule has 2 aliphatic rings. The maximum atomic E-state index is 12.3. The average Bonchev–Trinajstić information content (AvgIpc) is 3.02. The summed E-state index contributed by atoms with van der Waals surface area (Å²) in [5.74, 6) is -2.41. The minimum absolute atomic E-state index is 0.0653. The third-order valence-electron chi connectivity index (χ3n) is 5.23. The van der Waals surface area contributed by atoms with Gasteiger partial charge < -0.3 is 20.6 Å². The molecular formula is C17H25NO5. The summed E-state index contributed by atoms with van der Waals surface area (Å²) in [4.78, 5) is 24.1. The maximum absolute atomic E-state index is 12.3. The lowest BCUT2D eigenvalue weighted by Gasteiger charge is -2.35. The molecule has 1 unspecified atom stereocenters. The summed E-state index contributed by atoms with van der Waals surface area (Å²) < 4.78 is 0. The standard InChI is InChI=1S/C17H25NO5/c1-4-6-17-7-5-10(8-17)12(11(17)15(22)23)18-14(21)13(20)16(2,3)9-19/h4-5,7,10-13,19-20H,1,6,8-9H2,2-3H3,(H,18,21)(H,22,23)/t10-,11-,12+,13?,17+/m0/s1. The topological polar surface area (TPSA) is 107 Å². The monoisotopic (exact) mass is 323 g/mol. The van der Waals surface area contributed by atoms with E-state index < -0.39 is 40.8 Å². The molecule has 0 aliphatic heterocycles. The quantitative estimate of drug-likeness (QED) is 0.516. The fourth-order valence-electron chi connectivity index (χ4n) is 3.79. The molecule has 128 valence electrons. The summed E-state index contributed by atoms with van der Waals surface area (Å²) in [5, 5.41) is 31.7. The number of aliphatic hydroxyl groups is 2. The van der Waals surface area contributed by atoms with Crippen molar-refractivity contribution in [2.75, 3.05) is 6.61 Å². The maximum Gasteiger partial charge on any atom is 0.309 e. The zero-order chi connectivity index (χ0) is 17.4. The van der Waals surface area contributed by atoms with E-state index in [2.05, 4.69) is 11.9 Å². The second kappa shape index (κ2) is 6.09. The van der Waals surface area contributed by atoms with Gasteiger partial charge >= 0.3 is 5.97 Å². The first-order valence-electron chi connectivity index (χ1n) is 7.81. The molecule has 1 fully saturated rings. The Morgan fingerprint density at radius 2 is 2.17 bits per heavy atom.